The summed E-state index contributed by atoms with van der Waals surface area (Å²) in [4.78, 5) is 30.3. The Balaban J connectivity index is 1.19. The summed E-state index contributed by atoms with van der Waals surface area (Å²) in [6.07, 6.45) is 1.53. The number of aromatic nitrogens is 1. The first-order valence-electron chi connectivity index (χ1n) is 16.2. The Morgan fingerprint density at radius 3 is 2.41 bits per heavy atom. The van der Waals surface area contributed by atoms with E-state index in [4.69, 9.17) is 18.9 Å². The molecule has 1 fully saturated rings. The molecule has 0 amide bonds. The third kappa shape index (κ3) is 6.64. The molecule has 49 heavy (non-hydrogen) atoms. The zero-order chi connectivity index (χ0) is 34.2. The third-order valence-electron chi connectivity index (χ3n) is 9.35. The molecule has 2 aliphatic rings. The number of halogens is 2. The van der Waals surface area contributed by atoms with Crippen molar-refractivity contribution < 1.29 is 37.4 Å². The maximum absolute atomic E-state index is 13.4. The van der Waals surface area contributed by atoms with E-state index in [2.05, 4.69) is 42.6 Å². The van der Waals surface area contributed by atoms with E-state index in [0.717, 1.165) is 63.0 Å². The summed E-state index contributed by atoms with van der Waals surface area (Å²) < 4.78 is 43.0. The molecule has 5 aromatic rings. The molecule has 0 aliphatic carbocycles. The molecule has 2 N–H and O–H groups in total. The number of hydrogen-bond donors (Lipinski definition) is 2. The van der Waals surface area contributed by atoms with E-state index in [1.165, 1.54) is 6.07 Å². The highest BCUT2D eigenvalue weighted by atomic mass is 19.3. The lowest BCUT2D eigenvalue weighted by Gasteiger charge is -2.16. The number of hydrogen-bond acceptors (Lipinski definition) is 8. The van der Waals surface area contributed by atoms with Crippen LogP contribution in [0.4, 0.5) is 8.78 Å². The van der Waals surface area contributed by atoms with Gasteiger partial charge in [-0.15, -0.1) is 0 Å². The number of esters is 1. The van der Waals surface area contributed by atoms with Crippen LogP contribution in [-0.4, -0.2) is 52.7 Å². The van der Waals surface area contributed by atoms with Crippen LogP contribution in [0, 0.1) is 13.8 Å². The monoisotopic (exact) mass is 667 g/mol. The summed E-state index contributed by atoms with van der Waals surface area (Å²) in [7, 11) is 0. The maximum Gasteiger partial charge on any atom is 0.387 e. The van der Waals surface area contributed by atoms with Gasteiger partial charge < -0.3 is 24.3 Å². The van der Waals surface area contributed by atoms with Gasteiger partial charge in [-0.2, -0.15) is 8.78 Å². The lowest BCUT2D eigenvalue weighted by Crippen LogP contribution is -2.32. The number of benzene rings is 4. The van der Waals surface area contributed by atoms with Gasteiger partial charge in [0.05, 0.1) is 6.54 Å². The maximum atomic E-state index is 13.4. The quantitative estimate of drug-likeness (QED) is 0.149. The molecule has 0 bridgehead atoms. The Bertz CT molecular complexity index is 2070. The van der Waals surface area contributed by atoms with Crippen LogP contribution in [0.25, 0.3) is 44.8 Å². The first kappa shape index (κ1) is 32.4. The number of rotatable bonds is 10. The van der Waals surface area contributed by atoms with Crippen molar-refractivity contribution in [3.8, 4) is 39.5 Å². The Kier molecular flexibility index (Phi) is 8.87. The standard InChI is InChI=1S/C38H35F2N3O6/c1-21-27(23-11-12-24-17-43(19-35(44)45)18-25(24)14-23)6-3-7-28(21)29-8-4-9-30(22(29)2)36-42-32-15-26(20-47-37(46)31-10-5-13-41-31)33(49-38(39)40)16-34(32)48-36/h3-4,6-9,11-12,14-16,31,38,41H,5,10,13,17-20H2,1-2H3,(H,44,45)/t31-/m0/s1. The van der Waals surface area contributed by atoms with Crippen LogP contribution in [0.2, 0.25) is 0 Å². The molecular formula is C38H35F2N3O6. The number of carboxylic acid groups (broad SMARTS) is 1. The molecule has 1 saturated heterocycles. The van der Waals surface area contributed by atoms with E-state index in [0.29, 0.717) is 30.9 Å². The summed E-state index contributed by atoms with van der Waals surface area (Å²) in [5.41, 5.74) is 10.1. The zero-order valence-electron chi connectivity index (χ0n) is 27.1. The predicted octanol–water partition coefficient (Wildman–Crippen LogP) is 7.24. The molecule has 252 valence electrons. The van der Waals surface area contributed by atoms with Crippen LogP contribution in [0.1, 0.15) is 40.7 Å². The van der Waals surface area contributed by atoms with Crippen molar-refractivity contribution in [1.82, 2.24) is 15.2 Å². The molecule has 0 radical (unpaired) electrons. The molecule has 0 unspecified atom stereocenters. The summed E-state index contributed by atoms with van der Waals surface area (Å²) in [6.45, 7) is 2.71. The highest BCUT2D eigenvalue weighted by Gasteiger charge is 2.25. The molecular weight excluding hydrogens is 632 g/mol. The zero-order valence-corrected chi connectivity index (χ0v) is 27.1. The highest BCUT2D eigenvalue weighted by Crippen LogP contribution is 2.39. The van der Waals surface area contributed by atoms with E-state index in [1.807, 2.05) is 36.1 Å². The van der Waals surface area contributed by atoms with Gasteiger partial charge in [0.15, 0.2) is 5.58 Å². The number of ether oxygens (including phenoxy) is 2. The number of nitrogens with one attached hydrogen (secondary N) is 1. The number of fused-ring (bicyclic) bond motifs is 2. The van der Waals surface area contributed by atoms with Crippen LogP contribution >= 0.6 is 0 Å². The van der Waals surface area contributed by atoms with Gasteiger partial charge in [0.1, 0.15) is 23.9 Å². The van der Waals surface area contributed by atoms with Crippen LogP contribution < -0.4 is 10.1 Å². The highest BCUT2D eigenvalue weighted by molar-refractivity contribution is 5.85. The second-order valence-electron chi connectivity index (χ2n) is 12.6. The van der Waals surface area contributed by atoms with Gasteiger partial charge >= 0.3 is 18.6 Å². The van der Waals surface area contributed by atoms with Crippen molar-refractivity contribution >= 4 is 23.0 Å². The number of aliphatic carboxylic acids is 1. The molecule has 1 aromatic heterocycles. The summed E-state index contributed by atoms with van der Waals surface area (Å²) in [6, 6.07) is 20.9. The van der Waals surface area contributed by atoms with E-state index >= 15 is 0 Å². The first-order valence-corrected chi connectivity index (χ1v) is 16.2. The van der Waals surface area contributed by atoms with Gasteiger partial charge in [-0.3, -0.25) is 14.5 Å². The van der Waals surface area contributed by atoms with E-state index in [1.54, 1.807) is 6.07 Å². The van der Waals surface area contributed by atoms with Crippen molar-refractivity contribution in [3.05, 3.63) is 94.5 Å². The van der Waals surface area contributed by atoms with Gasteiger partial charge in [0, 0.05) is 30.3 Å². The van der Waals surface area contributed by atoms with E-state index < -0.39 is 24.6 Å². The number of carbonyl (C=O) groups is 2. The Labute approximate surface area is 281 Å². The lowest BCUT2D eigenvalue weighted by atomic mass is 9.89. The average molecular weight is 668 g/mol. The number of nitrogens with zero attached hydrogens (tertiary/aromatic N) is 2. The number of carboxylic acids is 1. The van der Waals surface area contributed by atoms with Crippen molar-refractivity contribution in [2.75, 3.05) is 13.1 Å². The van der Waals surface area contributed by atoms with Crippen LogP contribution in [0.5, 0.6) is 5.75 Å². The molecule has 2 aliphatic heterocycles. The molecule has 11 heteroatoms. The second-order valence-corrected chi connectivity index (χ2v) is 12.6. The van der Waals surface area contributed by atoms with Crippen molar-refractivity contribution in [2.45, 2.75) is 59.0 Å². The Hall–Kier alpha value is -5.13. The smallest absolute Gasteiger partial charge is 0.387 e. The van der Waals surface area contributed by atoms with Gasteiger partial charge in [0.25, 0.3) is 0 Å². The summed E-state index contributed by atoms with van der Waals surface area (Å²) in [5.74, 6) is -1.10. The first-order chi connectivity index (χ1) is 23.6. The van der Waals surface area contributed by atoms with Crippen molar-refractivity contribution in [2.24, 2.45) is 0 Å². The SMILES string of the molecule is Cc1c(-c2ccc3c(c2)CN(CC(=O)O)C3)cccc1-c1cccc(-c2nc3cc(COC(=O)[C@@H]4CCCN4)c(OC(F)F)cc3o2)c1C. The van der Waals surface area contributed by atoms with Crippen molar-refractivity contribution in [1.29, 1.82) is 0 Å². The molecule has 0 saturated carbocycles. The van der Waals surface area contributed by atoms with Crippen LogP contribution in [0.3, 0.4) is 0 Å². The Morgan fingerprint density at radius 2 is 1.69 bits per heavy atom. The topological polar surface area (TPSA) is 114 Å². The van der Waals surface area contributed by atoms with Crippen molar-refractivity contribution in [3.63, 3.8) is 0 Å². The predicted molar refractivity (Wildman–Crippen MR) is 179 cm³/mol. The van der Waals surface area contributed by atoms with Gasteiger partial charge in [-0.05, 0) is 95.9 Å². The Morgan fingerprint density at radius 1 is 0.980 bits per heavy atom. The van der Waals surface area contributed by atoms with Crippen LogP contribution in [-0.2, 0) is 34.0 Å². The van der Waals surface area contributed by atoms with Gasteiger partial charge in [-0.25, -0.2) is 4.98 Å². The molecule has 3 heterocycles. The number of oxazole rings is 1. The average Bonchev–Trinajstić information content (AvgIpc) is 3.83. The van der Waals surface area contributed by atoms with E-state index in [-0.39, 0.29) is 30.0 Å². The number of carbonyl (C=O) groups excluding carboxylic acids is 1. The number of alkyl halides is 2. The van der Waals surface area contributed by atoms with Gasteiger partial charge in [-0.1, -0.05) is 42.5 Å². The summed E-state index contributed by atoms with van der Waals surface area (Å²) in [5, 5.41) is 12.3. The van der Waals surface area contributed by atoms with Gasteiger partial charge in [0.2, 0.25) is 5.89 Å². The molecule has 4 aromatic carbocycles. The van der Waals surface area contributed by atoms with E-state index in [9.17, 15) is 23.5 Å². The fraction of sp³-hybridized carbons (Fsp3) is 0.289. The molecule has 9 nitrogen and oxygen atoms in total. The molecule has 7 rings (SSSR count). The molecule has 0 spiro atoms. The fourth-order valence-electron chi connectivity index (χ4n) is 6.90. The van der Waals surface area contributed by atoms with Crippen LogP contribution in [0.15, 0.2) is 71.1 Å². The molecule has 1 atom stereocenters. The lowest BCUT2D eigenvalue weighted by molar-refractivity contribution is -0.147. The minimum atomic E-state index is -3.08. The second kappa shape index (κ2) is 13.4. The minimum absolute atomic E-state index is 0.00770. The fourth-order valence-corrected chi connectivity index (χ4v) is 6.90. The summed E-state index contributed by atoms with van der Waals surface area (Å²) >= 11 is 0. The minimum Gasteiger partial charge on any atom is -0.480 e. The normalized spacial score (nSPS) is 16.0. The third-order valence-corrected chi connectivity index (χ3v) is 9.35. The largest absolute Gasteiger partial charge is 0.480 e.